The number of aromatic nitrogens is 3. The van der Waals surface area contributed by atoms with Crippen molar-refractivity contribution in [1.82, 2.24) is 15.0 Å². The number of nitrogens with zero attached hydrogens (tertiary/aromatic N) is 4. The van der Waals surface area contributed by atoms with Gasteiger partial charge in [-0.1, -0.05) is 30.9 Å². The molecule has 3 aromatic rings. The van der Waals surface area contributed by atoms with E-state index in [1.165, 1.54) is 38.4 Å². The molecule has 2 unspecified atom stereocenters. The Bertz CT molecular complexity index is 1300. The second-order valence-electron chi connectivity index (χ2n) is 7.70. The number of nitrogens with two attached hydrogens (primary N) is 1. The average molecular weight is 477 g/mol. The van der Waals surface area contributed by atoms with Crippen LogP contribution in [-0.4, -0.2) is 40.2 Å². The maximum absolute atomic E-state index is 14.4. The number of sulfone groups is 1. The number of nitrogens with one attached hydrogen (secondary N) is 1. The highest BCUT2D eigenvalue weighted by Crippen LogP contribution is 2.30. The van der Waals surface area contributed by atoms with Gasteiger partial charge in [-0.2, -0.15) is 0 Å². The summed E-state index contributed by atoms with van der Waals surface area (Å²) in [6, 6.07) is 3.95. The molecule has 0 radical (unpaired) electrons. The van der Waals surface area contributed by atoms with Crippen LogP contribution in [0.2, 0.25) is 5.02 Å². The molecule has 2 aliphatic rings. The summed E-state index contributed by atoms with van der Waals surface area (Å²) in [5.74, 6) is -0.372. The Morgan fingerprint density at radius 1 is 1.16 bits per heavy atom. The maximum Gasteiger partial charge on any atom is 0.162 e. The molecule has 0 aromatic carbocycles. The van der Waals surface area contributed by atoms with E-state index in [9.17, 15) is 12.8 Å². The minimum absolute atomic E-state index is 0.0382. The first-order valence-corrected chi connectivity index (χ1v) is 12.2. The van der Waals surface area contributed by atoms with Crippen molar-refractivity contribution in [2.75, 3.05) is 11.1 Å². The first kappa shape index (κ1) is 22.3. The van der Waals surface area contributed by atoms with Crippen LogP contribution in [0, 0.1) is 5.82 Å². The summed E-state index contributed by atoms with van der Waals surface area (Å²) in [4.78, 5) is 16.7. The molecular weight excluding hydrogens is 455 g/mol. The van der Waals surface area contributed by atoms with Crippen LogP contribution in [0.3, 0.4) is 0 Å². The van der Waals surface area contributed by atoms with Crippen LogP contribution in [0.25, 0.3) is 10.9 Å². The third kappa shape index (κ3) is 4.97. The van der Waals surface area contributed by atoms with E-state index in [0.717, 1.165) is 11.6 Å². The monoisotopic (exact) mass is 476 g/mol. The summed E-state index contributed by atoms with van der Waals surface area (Å²) in [7, 11) is -3.53. The van der Waals surface area contributed by atoms with Gasteiger partial charge in [0.05, 0.1) is 23.0 Å². The molecule has 3 aromatic heterocycles. The molecule has 5 rings (SSSR count). The number of hydrogen-bond acceptors (Lipinski definition) is 8. The summed E-state index contributed by atoms with van der Waals surface area (Å²) in [6.45, 7) is 1.46. The van der Waals surface area contributed by atoms with Crippen molar-refractivity contribution in [2.45, 2.75) is 37.5 Å². The number of aliphatic imine (C=N–C) groups is 1. The molecule has 1 aliphatic heterocycles. The quantitative estimate of drug-likeness (QED) is 0.586. The standard InChI is InChI=1S/C18H16ClFN6O2S.C3H6/c1-9-17(21)25-14(8-29(9,27)28)12-5-15(23-7-13(12)20)26-18-16-10(2-3-22-18)4-11(19)6-24-16;1-2-3-1/h2-7,9,14H,8H2,1H3,(H2,21,25)(H,22,23,26);1-3H2. The average Bonchev–Trinajstić information content (AvgIpc) is 3.62. The van der Waals surface area contributed by atoms with Gasteiger partial charge >= 0.3 is 0 Å². The highest BCUT2D eigenvalue weighted by molar-refractivity contribution is 7.92. The molecular formula is C21H22ClFN6O2S. The van der Waals surface area contributed by atoms with Crippen LogP contribution in [-0.2, 0) is 9.84 Å². The van der Waals surface area contributed by atoms with E-state index in [1.807, 2.05) is 0 Å². The van der Waals surface area contributed by atoms with Gasteiger partial charge in [-0.05, 0) is 25.1 Å². The zero-order valence-corrected chi connectivity index (χ0v) is 18.9. The summed E-state index contributed by atoms with van der Waals surface area (Å²) in [6.07, 6.45) is 8.57. The molecule has 0 bridgehead atoms. The molecule has 0 spiro atoms. The Balaban J connectivity index is 0.000000754. The number of amidine groups is 1. The fourth-order valence-electron chi connectivity index (χ4n) is 3.05. The minimum Gasteiger partial charge on any atom is -0.386 e. The van der Waals surface area contributed by atoms with E-state index < -0.39 is 26.9 Å². The highest BCUT2D eigenvalue weighted by Gasteiger charge is 2.35. The van der Waals surface area contributed by atoms with Crippen molar-refractivity contribution in [3.8, 4) is 0 Å². The SMILES string of the molecule is C1CC1.CC1C(N)=NC(c2cc(Nc3nccc4cc(Cl)cnc34)ncc2F)CS1(=O)=O. The molecule has 1 fully saturated rings. The van der Waals surface area contributed by atoms with Crippen molar-refractivity contribution in [1.29, 1.82) is 0 Å². The zero-order chi connectivity index (χ0) is 22.9. The third-order valence-corrected chi connectivity index (χ3v) is 7.37. The van der Waals surface area contributed by atoms with E-state index in [2.05, 4.69) is 25.3 Å². The lowest BCUT2D eigenvalue weighted by Crippen LogP contribution is -2.40. The Kier molecular flexibility index (Phi) is 6.25. The summed E-state index contributed by atoms with van der Waals surface area (Å²) in [5, 5.41) is 3.35. The number of anilines is 2. The predicted molar refractivity (Wildman–Crippen MR) is 123 cm³/mol. The van der Waals surface area contributed by atoms with Crippen LogP contribution >= 0.6 is 11.6 Å². The maximum atomic E-state index is 14.4. The molecule has 3 N–H and O–H groups in total. The topological polar surface area (TPSA) is 123 Å². The van der Waals surface area contributed by atoms with Gasteiger partial charge < -0.3 is 11.1 Å². The van der Waals surface area contributed by atoms with E-state index >= 15 is 0 Å². The van der Waals surface area contributed by atoms with Gasteiger partial charge in [0, 0.05) is 23.3 Å². The van der Waals surface area contributed by atoms with E-state index in [1.54, 1.807) is 18.3 Å². The first-order chi connectivity index (χ1) is 15.2. The summed E-state index contributed by atoms with van der Waals surface area (Å²) >= 11 is 5.97. The number of hydrogen-bond donors (Lipinski definition) is 2. The lowest BCUT2D eigenvalue weighted by molar-refractivity contribution is 0.565. The molecule has 8 nitrogen and oxygen atoms in total. The first-order valence-electron chi connectivity index (χ1n) is 10.1. The second kappa shape index (κ2) is 8.95. The molecule has 4 heterocycles. The van der Waals surface area contributed by atoms with Crippen molar-refractivity contribution >= 4 is 49.8 Å². The number of rotatable bonds is 3. The lowest BCUT2D eigenvalue weighted by Gasteiger charge is -2.24. The Morgan fingerprint density at radius 3 is 2.59 bits per heavy atom. The van der Waals surface area contributed by atoms with Crippen LogP contribution in [0.15, 0.2) is 41.8 Å². The summed E-state index contributed by atoms with van der Waals surface area (Å²) < 4.78 is 39.0. The van der Waals surface area contributed by atoms with Crippen LogP contribution in [0.1, 0.15) is 37.8 Å². The zero-order valence-electron chi connectivity index (χ0n) is 17.3. The highest BCUT2D eigenvalue weighted by atomic mass is 35.5. The van der Waals surface area contributed by atoms with Crippen molar-refractivity contribution < 1.29 is 12.8 Å². The Morgan fingerprint density at radius 2 is 1.91 bits per heavy atom. The predicted octanol–water partition coefficient (Wildman–Crippen LogP) is 3.95. The molecule has 32 heavy (non-hydrogen) atoms. The van der Waals surface area contributed by atoms with E-state index in [-0.39, 0.29) is 23.0 Å². The fourth-order valence-corrected chi connectivity index (χ4v) is 4.63. The molecule has 1 saturated carbocycles. The molecule has 0 amide bonds. The number of pyridine rings is 3. The lowest BCUT2D eigenvalue weighted by atomic mass is 10.1. The molecule has 11 heteroatoms. The smallest absolute Gasteiger partial charge is 0.162 e. The van der Waals surface area contributed by atoms with Crippen molar-refractivity contribution in [3.05, 3.63) is 53.2 Å². The fraction of sp³-hybridized carbons (Fsp3) is 0.333. The van der Waals surface area contributed by atoms with Gasteiger partial charge in [0.25, 0.3) is 0 Å². The van der Waals surface area contributed by atoms with Gasteiger partial charge in [0.15, 0.2) is 15.7 Å². The van der Waals surface area contributed by atoms with Gasteiger partial charge in [-0.15, -0.1) is 0 Å². The van der Waals surface area contributed by atoms with Crippen LogP contribution < -0.4 is 11.1 Å². The molecule has 168 valence electrons. The molecule has 0 saturated heterocycles. The normalized spacial score (nSPS) is 21.3. The van der Waals surface area contributed by atoms with Gasteiger partial charge in [0.2, 0.25) is 0 Å². The Hall–Kier alpha value is -2.85. The largest absolute Gasteiger partial charge is 0.386 e. The summed E-state index contributed by atoms with van der Waals surface area (Å²) in [5.41, 5.74) is 6.39. The van der Waals surface area contributed by atoms with Gasteiger partial charge in [0.1, 0.15) is 28.2 Å². The Labute approximate surface area is 190 Å². The molecule has 2 atom stereocenters. The third-order valence-electron chi connectivity index (χ3n) is 5.06. The molecule has 1 aliphatic carbocycles. The van der Waals surface area contributed by atoms with Crippen molar-refractivity contribution in [3.63, 3.8) is 0 Å². The number of fused-ring (bicyclic) bond motifs is 1. The van der Waals surface area contributed by atoms with E-state index in [4.69, 9.17) is 17.3 Å². The van der Waals surface area contributed by atoms with E-state index in [0.29, 0.717) is 16.4 Å². The minimum atomic E-state index is -3.53. The second-order valence-corrected chi connectivity index (χ2v) is 10.5. The van der Waals surface area contributed by atoms with Crippen LogP contribution in [0.4, 0.5) is 16.0 Å². The van der Waals surface area contributed by atoms with Gasteiger partial charge in [-0.3, -0.25) is 9.98 Å². The van der Waals surface area contributed by atoms with Crippen LogP contribution in [0.5, 0.6) is 0 Å². The van der Waals surface area contributed by atoms with Gasteiger partial charge in [-0.25, -0.2) is 22.8 Å². The van der Waals surface area contributed by atoms with Crippen molar-refractivity contribution in [2.24, 2.45) is 10.7 Å². The number of halogens is 2.